The van der Waals surface area contributed by atoms with Crippen LogP contribution in [0.3, 0.4) is 0 Å². The third-order valence-electron chi connectivity index (χ3n) is 4.28. The quantitative estimate of drug-likeness (QED) is 0.703. The van der Waals surface area contributed by atoms with Gasteiger partial charge in [0, 0.05) is 17.6 Å². The van der Waals surface area contributed by atoms with E-state index >= 15 is 0 Å². The van der Waals surface area contributed by atoms with Crippen LogP contribution in [0.2, 0.25) is 5.02 Å². The molecule has 0 saturated heterocycles. The number of ether oxygens (including phenoxy) is 1. The maximum Gasteiger partial charge on any atom is 0.228 e. The molecule has 1 aliphatic rings. The van der Waals surface area contributed by atoms with Crippen molar-refractivity contribution >= 4 is 29.1 Å². The van der Waals surface area contributed by atoms with Crippen LogP contribution >= 0.6 is 11.6 Å². The molecule has 5 nitrogen and oxygen atoms in total. The smallest absolute Gasteiger partial charge is 0.228 e. The molecule has 2 N–H and O–H groups in total. The predicted molar refractivity (Wildman–Crippen MR) is 95.5 cm³/mol. The number of anilines is 1. The van der Waals surface area contributed by atoms with Crippen LogP contribution in [0.4, 0.5) is 5.69 Å². The highest BCUT2D eigenvalue weighted by atomic mass is 35.5. The van der Waals surface area contributed by atoms with Crippen molar-refractivity contribution < 1.29 is 14.3 Å². The lowest BCUT2D eigenvalue weighted by Gasteiger charge is -2.12. The van der Waals surface area contributed by atoms with E-state index in [0.717, 1.165) is 24.8 Å². The zero-order valence-corrected chi connectivity index (χ0v) is 15.2. The lowest BCUT2D eigenvalue weighted by Crippen LogP contribution is -2.28. The van der Waals surface area contributed by atoms with E-state index in [1.807, 2.05) is 6.92 Å². The Kier molecular flexibility index (Phi) is 6.49. The Hall–Kier alpha value is -1.75. The third-order valence-corrected chi connectivity index (χ3v) is 4.69. The first kappa shape index (κ1) is 18.6. The number of nitrogens with one attached hydrogen (secondary N) is 2. The Morgan fingerprint density at radius 2 is 1.96 bits per heavy atom. The number of hydrogen-bond donors (Lipinski definition) is 2. The molecule has 0 radical (unpaired) electrons. The fourth-order valence-electron chi connectivity index (χ4n) is 2.65. The summed E-state index contributed by atoms with van der Waals surface area (Å²) in [5.41, 5.74) is 1.44. The van der Waals surface area contributed by atoms with Crippen LogP contribution in [0.1, 0.15) is 38.2 Å². The van der Waals surface area contributed by atoms with Gasteiger partial charge in [0.15, 0.2) is 0 Å². The Labute approximate surface area is 148 Å². The van der Waals surface area contributed by atoms with Crippen molar-refractivity contribution in [3.05, 3.63) is 22.7 Å². The highest BCUT2D eigenvalue weighted by Gasteiger charge is 2.48. The molecule has 1 fully saturated rings. The molecular weight excluding hydrogens is 328 g/mol. The molecule has 132 valence electrons. The van der Waals surface area contributed by atoms with Crippen molar-refractivity contribution in [2.45, 2.75) is 39.5 Å². The van der Waals surface area contributed by atoms with Crippen LogP contribution in [0.25, 0.3) is 0 Å². The van der Waals surface area contributed by atoms with Gasteiger partial charge in [0.1, 0.15) is 5.75 Å². The summed E-state index contributed by atoms with van der Waals surface area (Å²) in [5.74, 6) is -0.141. The number of hydrogen-bond acceptors (Lipinski definition) is 3. The highest BCUT2D eigenvalue weighted by Crippen LogP contribution is 2.40. The molecule has 2 atom stereocenters. The summed E-state index contributed by atoms with van der Waals surface area (Å²) < 4.78 is 5.25. The molecule has 0 aliphatic heterocycles. The van der Waals surface area contributed by atoms with E-state index in [-0.39, 0.29) is 23.7 Å². The Morgan fingerprint density at radius 1 is 1.25 bits per heavy atom. The van der Waals surface area contributed by atoms with E-state index in [1.165, 1.54) is 7.11 Å². The summed E-state index contributed by atoms with van der Waals surface area (Å²) in [6.07, 6.45) is 3.80. The van der Waals surface area contributed by atoms with Gasteiger partial charge in [-0.05, 0) is 31.4 Å². The molecule has 24 heavy (non-hydrogen) atoms. The molecule has 0 bridgehead atoms. The van der Waals surface area contributed by atoms with Crippen molar-refractivity contribution in [3.63, 3.8) is 0 Å². The second kappa shape index (κ2) is 8.38. The van der Waals surface area contributed by atoms with Crippen LogP contribution in [0.5, 0.6) is 5.75 Å². The zero-order valence-electron chi connectivity index (χ0n) is 14.4. The summed E-state index contributed by atoms with van der Waals surface area (Å²) in [6, 6.07) is 3.46. The number of aryl methyl sites for hydroxylation is 1. The van der Waals surface area contributed by atoms with Gasteiger partial charge in [-0.3, -0.25) is 9.59 Å². The number of rotatable bonds is 8. The summed E-state index contributed by atoms with van der Waals surface area (Å²) in [7, 11) is 1.53. The SMILES string of the molecule is CCCCCNC(=O)C1CC1C(=O)Nc1cc(C)c(Cl)cc1OC. The van der Waals surface area contributed by atoms with Gasteiger partial charge in [-0.2, -0.15) is 0 Å². The van der Waals surface area contributed by atoms with E-state index in [4.69, 9.17) is 16.3 Å². The van der Waals surface area contributed by atoms with Crippen LogP contribution < -0.4 is 15.4 Å². The molecule has 1 aromatic carbocycles. The van der Waals surface area contributed by atoms with Crippen molar-refractivity contribution in [2.24, 2.45) is 11.8 Å². The second-order valence-corrected chi connectivity index (χ2v) is 6.64. The van der Waals surface area contributed by atoms with Crippen molar-refractivity contribution in [3.8, 4) is 5.75 Å². The summed E-state index contributed by atoms with van der Waals surface area (Å²) in [6.45, 7) is 4.67. The minimum atomic E-state index is -0.267. The van der Waals surface area contributed by atoms with Gasteiger partial charge in [0.25, 0.3) is 0 Å². The molecular formula is C18H25ClN2O3. The third kappa shape index (κ3) is 4.63. The van der Waals surface area contributed by atoms with E-state index in [9.17, 15) is 9.59 Å². The lowest BCUT2D eigenvalue weighted by atomic mass is 10.2. The van der Waals surface area contributed by atoms with Gasteiger partial charge >= 0.3 is 0 Å². The van der Waals surface area contributed by atoms with E-state index < -0.39 is 0 Å². The monoisotopic (exact) mass is 352 g/mol. The number of amides is 2. The van der Waals surface area contributed by atoms with Gasteiger partial charge in [0.2, 0.25) is 11.8 Å². The minimum absolute atomic E-state index is 0.0227. The van der Waals surface area contributed by atoms with Gasteiger partial charge in [-0.15, -0.1) is 0 Å². The number of carbonyl (C=O) groups excluding carboxylic acids is 2. The van der Waals surface area contributed by atoms with E-state index in [1.54, 1.807) is 12.1 Å². The molecule has 6 heteroatoms. The molecule has 1 aliphatic carbocycles. The first-order valence-electron chi connectivity index (χ1n) is 8.40. The molecule has 1 saturated carbocycles. The first-order valence-corrected chi connectivity index (χ1v) is 8.78. The van der Waals surface area contributed by atoms with Crippen LogP contribution in [-0.2, 0) is 9.59 Å². The normalized spacial score (nSPS) is 18.8. The predicted octanol–water partition coefficient (Wildman–Crippen LogP) is 3.54. The first-order chi connectivity index (χ1) is 11.5. The standard InChI is InChI=1S/C18H25ClN2O3/c1-4-5-6-7-20-17(22)12-9-13(12)18(23)21-15-8-11(2)14(19)10-16(15)24-3/h8,10,12-13H,4-7,9H2,1-3H3,(H,20,22)(H,21,23). The summed E-state index contributed by atoms with van der Waals surface area (Å²) >= 11 is 6.07. The van der Waals surface area contributed by atoms with Crippen molar-refractivity contribution in [1.29, 1.82) is 0 Å². The highest BCUT2D eigenvalue weighted by molar-refractivity contribution is 6.31. The Morgan fingerprint density at radius 3 is 2.62 bits per heavy atom. The number of unbranched alkanes of at least 4 members (excludes halogenated alkanes) is 2. The molecule has 2 rings (SSSR count). The van der Waals surface area contributed by atoms with Gasteiger partial charge < -0.3 is 15.4 Å². The zero-order chi connectivity index (χ0) is 17.7. The number of carbonyl (C=O) groups is 2. The molecule has 0 spiro atoms. The maximum absolute atomic E-state index is 12.4. The minimum Gasteiger partial charge on any atom is -0.495 e. The van der Waals surface area contributed by atoms with Gasteiger partial charge in [0.05, 0.1) is 24.6 Å². The van der Waals surface area contributed by atoms with Crippen LogP contribution in [0, 0.1) is 18.8 Å². The van der Waals surface area contributed by atoms with Crippen LogP contribution in [-0.4, -0.2) is 25.5 Å². The average Bonchev–Trinajstić information content (AvgIpc) is 3.35. The second-order valence-electron chi connectivity index (χ2n) is 6.24. The maximum atomic E-state index is 12.4. The Balaban J connectivity index is 1.88. The average molecular weight is 353 g/mol. The topological polar surface area (TPSA) is 67.4 Å². The lowest BCUT2D eigenvalue weighted by molar-refractivity contribution is -0.125. The fourth-order valence-corrected chi connectivity index (χ4v) is 2.80. The van der Waals surface area contributed by atoms with Crippen molar-refractivity contribution in [1.82, 2.24) is 5.32 Å². The van der Waals surface area contributed by atoms with Crippen LogP contribution in [0.15, 0.2) is 12.1 Å². The Bertz CT molecular complexity index is 619. The number of halogens is 1. The van der Waals surface area contributed by atoms with Gasteiger partial charge in [-0.25, -0.2) is 0 Å². The number of methoxy groups -OCH3 is 1. The fraction of sp³-hybridized carbons (Fsp3) is 0.556. The molecule has 0 heterocycles. The van der Waals surface area contributed by atoms with E-state index in [2.05, 4.69) is 17.6 Å². The van der Waals surface area contributed by atoms with Gasteiger partial charge in [-0.1, -0.05) is 31.4 Å². The van der Waals surface area contributed by atoms with E-state index in [0.29, 0.717) is 29.4 Å². The molecule has 0 aromatic heterocycles. The molecule has 2 amide bonds. The summed E-state index contributed by atoms with van der Waals surface area (Å²) in [5, 5.41) is 6.34. The summed E-state index contributed by atoms with van der Waals surface area (Å²) in [4.78, 5) is 24.4. The van der Waals surface area contributed by atoms with Crippen molar-refractivity contribution in [2.75, 3.05) is 19.0 Å². The number of benzene rings is 1. The molecule has 2 unspecified atom stereocenters. The molecule has 1 aromatic rings. The largest absolute Gasteiger partial charge is 0.495 e.